The van der Waals surface area contributed by atoms with E-state index in [1.165, 1.54) is 5.56 Å². The molecule has 0 fully saturated rings. The summed E-state index contributed by atoms with van der Waals surface area (Å²) < 4.78 is 0. The summed E-state index contributed by atoms with van der Waals surface area (Å²) in [5, 5.41) is 1.16. The zero-order valence-electron chi connectivity index (χ0n) is 9.88. The molecule has 2 heterocycles. The Morgan fingerprint density at radius 2 is 1.78 bits per heavy atom. The predicted octanol–water partition coefficient (Wildman–Crippen LogP) is 2.80. The summed E-state index contributed by atoms with van der Waals surface area (Å²) in [6.07, 6.45) is 4.40. The Bertz CT molecular complexity index is 692. The molecule has 0 spiro atoms. The first-order valence-electron chi connectivity index (χ1n) is 5.85. The van der Waals surface area contributed by atoms with E-state index < -0.39 is 0 Å². The van der Waals surface area contributed by atoms with Crippen molar-refractivity contribution in [1.82, 2.24) is 9.97 Å². The molecule has 0 saturated carbocycles. The van der Waals surface area contributed by atoms with Crippen LogP contribution in [0.2, 0.25) is 0 Å². The van der Waals surface area contributed by atoms with Crippen LogP contribution < -0.4 is 5.73 Å². The maximum atomic E-state index is 5.68. The second-order valence-corrected chi connectivity index (χ2v) is 4.30. The van der Waals surface area contributed by atoms with Crippen molar-refractivity contribution in [2.75, 3.05) is 5.73 Å². The number of nitrogen functional groups attached to an aromatic ring is 1. The van der Waals surface area contributed by atoms with Crippen molar-refractivity contribution in [3.05, 3.63) is 66.0 Å². The summed E-state index contributed by atoms with van der Waals surface area (Å²) in [5.41, 5.74) is 9.10. The van der Waals surface area contributed by atoms with Crippen LogP contribution in [0.15, 0.2) is 54.9 Å². The van der Waals surface area contributed by atoms with E-state index in [2.05, 4.69) is 34.2 Å². The second-order valence-electron chi connectivity index (χ2n) is 4.30. The molecule has 0 saturated heterocycles. The van der Waals surface area contributed by atoms with Gasteiger partial charge < -0.3 is 5.73 Å². The van der Waals surface area contributed by atoms with Gasteiger partial charge in [0, 0.05) is 17.8 Å². The van der Waals surface area contributed by atoms with Crippen molar-refractivity contribution in [2.45, 2.75) is 6.42 Å². The van der Waals surface area contributed by atoms with Gasteiger partial charge in [0.15, 0.2) is 0 Å². The lowest BCUT2D eigenvalue weighted by Crippen LogP contribution is -1.93. The highest BCUT2D eigenvalue weighted by atomic mass is 14.8. The molecule has 1 aromatic carbocycles. The summed E-state index contributed by atoms with van der Waals surface area (Å²) in [6.45, 7) is 0. The van der Waals surface area contributed by atoms with Gasteiger partial charge in [0.05, 0.1) is 5.52 Å². The van der Waals surface area contributed by atoms with Crippen LogP contribution in [0.25, 0.3) is 10.9 Å². The lowest BCUT2D eigenvalue weighted by atomic mass is 10.0. The molecule has 2 N–H and O–H groups in total. The number of benzene rings is 1. The Morgan fingerprint density at radius 3 is 2.67 bits per heavy atom. The van der Waals surface area contributed by atoms with Gasteiger partial charge >= 0.3 is 0 Å². The smallest absolute Gasteiger partial charge is 0.123 e. The first-order chi connectivity index (χ1) is 8.81. The largest absolute Gasteiger partial charge is 0.384 e. The van der Waals surface area contributed by atoms with E-state index in [1.54, 1.807) is 6.20 Å². The Hall–Kier alpha value is -2.42. The van der Waals surface area contributed by atoms with Gasteiger partial charge in [-0.1, -0.05) is 18.2 Å². The van der Waals surface area contributed by atoms with Crippen LogP contribution in [0, 0.1) is 0 Å². The van der Waals surface area contributed by atoms with Crippen LogP contribution in [0.1, 0.15) is 11.1 Å². The lowest BCUT2D eigenvalue weighted by Gasteiger charge is -2.04. The first kappa shape index (κ1) is 10.7. The van der Waals surface area contributed by atoms with Gasteiger partial charge in [-0.15, -0.1) is 0 Å². The minimum atomic E-state index is 0.561. The zero-order valence-corrected chi connectivity index (χ0v) is 9.88. The quantitative estimate of drug-likeness (QED) is 0.743. The van der Waals surface area contributed by atoms with Crippen molar-refractivity contribution in [3.8, 4) is 0 Å². The van der Waals surface area contributed by atoms with E-state index in [0.29, 0.717) is 5.82 Å². The molecule has 3 aromatic rings. The summed E-state index contributed by atoms with van der Waals surface area (Å²) in [4.78, 5) is 8.36. The average molecular weight is 235 g/mol. The molecule has 3 rings (SSSR count). The molecule has 0 aliphatic rings. The minimum absolute atomic E-state index is 0.561. The third kappa shape index (κ3) is 2.15. The van der Waals surface area contributed by atoms with Gasteiger partial charge in [-0.3, -0.25) is 4.98 Å². The number of anilines is 1. The minimum Gasteiger partial charge on any atom is -0.384 e. The van der Waals surface area contributed by atoms with E-state index in [0.717, 1.165) is 22.9 Å². The third-order valence-electron chi connectivity index (χ3n) is 2.92. The SMILES string of the molecule is Nc1cc(Cc2ccc3cccnc3c2)ccn1. The van der Waals surface area contributed by atoms with E-state index in [-0.39, 0.29) is 0 Å². The summed E-state index contributed by atoms with van der Waals surface area (Å²) >= 11 is 0. The van der Waals surface area contributed by atoms with Crippen molar-refractivity contribution >= 4 is 16.7 Å². The highest BCUT2D eigenvalue weighted by Crippen LogP contribution is 2.16. The van der Waals surface area contributed by atoms with Crippen LogP contribution in [-0.2, 0) is 6.42 Å². The maximum Gasteiger partial charge on any atom is 0.123 e. The Labute approximate surface area is 105 Å². The Morgan fingerprint density at radius 1 is 0.889 bits per heavy atom. The van der Waals surface area contributed by atoms with Crippen LogP contribution in [-0.4, -0.2) is 9.97 Å². The van der Waals surface area contributed by atoms with Crippen LogP contribution >= 0.6 is 0 Å². The fourth-order valence-corrected chi connectivity index (χ4v) is 2.06. The molecule has 0 bridgehead atoms. The fourth-order valence-electron chi connectivity index (χ4n) is 2.06. The molecule has 3 heteroatoms. The topological polar surface area (TPSA) is 51.8 Å². The van der Waals surface area contributed by atoms with Crippen LogP contribution in [0.4, 0.5) is 5.82 Å². The summed E-state index contributed by atoms with van der Waals surface area (Å²) in [7, 11) is 0. The molecule has 18 heavy (non-hydrogen) atoms. The van der Waals surface area contributed by atoms with E-state index in [9.17, 15) is 0 Å². The Kier molecular flexibility index (Phi) is 2.65. The molecule has 2 aromatic heterocycles. The predicted molar refractivity (Wildman–Crippen MR) is 73.2 cm³/mol. The van der Waals surface area contributed by atoms with Gasteiger partial charge in [-0.25, -0.2) is 4.98 Å². The van der Waals surface area contributed by atoms with Crippen molar-refractivity contribution < 1.29 is 0 Å². The number of hydrogen-bond acceptors (Lipinski definition) is 3. The lowest BCUT2D eigenvalue weighted by molar-refractivity contribution is 1.17. The van der Waals surface area contributed by atoms with Crippen molar-refractivity contribution in [2.24, 2.45) is 0 Å². The van der Waals surface area contributed by atoms with E-state index in [1.807, 2.05) is 24.4 Å². The van der Waals surface area contributed by atoms with Gasteiger partial charge in [0.2, 0.25) is 0 Å². The molecular weight excluding hydrogens is 222 g/mol. The van der Waals surface area contributed by atoms with E-state index in [4.69, 9.17) is 5.73 Å². The number of aromatic nitrogens is 2. The van der Waals surface area contributed by atoms with Gasteiger partial charge in [-0.05, 0) is 41.8 Å². The number of fused-ring (bicyclic) bond motifs is 1. The van der Waals surface area contributed by atoms with Gasteiger partial charge in [0.25, 0.3) is 0 Å². The molecule has 0 aliphatic carbocycles. The monoisotopic (exact) mass is 235 g/mol. The fraction of sp³-hybridized carbons (Fsp3) is 0.0667. The maximum absolute atomic E-state index is 5.68. The highest BCUT2D eigenvalue weighted by molar-refractivity contribution is 5.78. The summed E-state index contributed by atoms with van der Waals surface area (Å²) in [5.74, 6) is 0.561. The summed E-state index contributed by atoms with van der Waals surface area (Å²) in [6, 6.07) is 14.2. The molecule has 0 radical (unpaired) electrons. The molecule has 0 amide bonds. The molecule has 3 nitrogen and oxygen atoms in total. The first-order valence-corrected chi connectivity index (χ1v) is 5.85. The third-order valence-corrected chi connectivity index (χ3v) is 2.92. The number of pyridine rings is 2. The van der Waals surface area contributed by atoms with Gasteiger partial charge in [0.1, 0.15) is 5.82 Å². The van der Waals surface area contributed by atoms with Crippen molar-refractivity contribution in [1.29, 1.82) is 0 Å². The number of nitrogens with two attached hydrogens (primary N) is 1. The van der Waals surface area contributed by atoms with Crippen molar-refractivity contribution in [3.63, 3.8) is 0 Å². The second kappa shape index (κ2) is 4.45. The van der Waals surface area contributed by atoms with Gasteiger partial charge in [-0.2, -0.15) is 0 Å². The van der Waals surface area contributed by atoms with E-state index >= 15 is 0 Å². The molecule has 0 aliphatic heterocycles. The Balaban J connectivity index is 1.95. The normalized spacial score (nSPS) is 10.7. The molecule has 88 valence electrons. The number of nitrogens with zero attached hydrogens (tertiary/aromatic N) is 2. The highest BCUT2D eigenvalue weighted by Gasteiger charge is 2.00. The number of hydrogen-bond donors (Lipinski definition) is 1. The molecule has 0 unspecified atom stereocenters. The number of rotatable bonds is 2. The zero-order chi connectivity index (χ0) is 12.4. The van der Waals surface area contributed by atoms with Crippen LogP contribution in [0.5, 0.6) is 0 Å². The molecular formula is C15H13N3. The van der Waals surface area contributed by atoms with Crippen LogP contribution in [0.3, 0.4) is 0 Å². The average Bonchev–Trinajstić information content (AvgIpc) is 2.39. The standard InChI is InChI=1S/C15H13N3/c16-15-10-12(5-7-18-15)8-11-3-4-13-2-1-6-17-14(13)9-11/h1-7,9-10H,8H2,(H2,16,18). The molecule has 0 atom stereocenters.